The molecule has 0 aliphatic heterocycles. The van der Waals surface area contributed by atoms with Crippen LogP contribution in [0.4, 0.5) is 0 Å². The summed E-state index contributed by atoms with van der Waals surface area (Å²) in [5.41, 5.74) is 5.87. The first-order valence-electron chi connectivity index (χ1n) is 10.5. The molecule has 0 amide bonds. The summed E-state index contributed by atoms with van der Waals surface area (Å²) in [6.07, 6.45) is 3.58. The van der Waals surface area contributed by atoms with Crippen LogP contribution in [0.5, 0.6) is 0 Å². The molecule has 4 aromatic rings. The summed E-state index contributed by atoms with van der Waals surface area (Å²) < 4.78 is 0. The maximum absolute atomic E-state index is 2.56. The highest BCUT2D eigenvalue weighted by Gasteiger charge is 2.29. The van der Waals surface area contributed by atoms with E-state index in [-0.39, 0.29) is 0 Å². The monoisotopic (exact) mass is 365 g/mol. The minimum atomic E-state index is 0.444. The lowest BCUT2D eigenvalue weighted by molar-refractivity contribution is 0.239. The molecule has 1 aliphatic rings. The number of hydrogen-bond acceptors (Lipinski definition) is 1. The van der Waals surface area contributed by atoms with Crippen LogP contribution in [-0.2, 0) is 6.42 Å². The summed E-state index contributed by atoms with van der Waals surface area (Å²) >= 11 is 0. The Morgan fingerprint density at radius 3 is 2.14 bits per heavy atom. The van der Waals surface area contributed by atoms with Crippen LogP contribution < -0.4 is 0 Å². The van der Waals surface area contributed by atoms with Crippen molar-refractivity contribution in [2.45, 2.75) is 32.2 Å². The molecule has 0 spiro atoms. The summed E-state index contributed by atoms with van der Waals surface area (Å²) in [7, 11) is 2.30. The molecule has 0 saturated carbocycles. The molecule has 0 saturated heterocycles. The van der Waals surface area contributed by atoms with Crippen LogP contribution in [-0.4, -0.2) is 18.5 Å². The van der Waals surface area contributed by atoms with Crippen molar-refractivity contribution >= 4 is 21.5 Å². The van der Waals surface area contributed by atoms with E-state index in [0.717, 1.165) is 13.0 Å². The predicted molar refractivity (Wildman–Crippen MR) is 121 cm³/mol. The quantitative estimate of drug-likeness (QED) is 0.377. The molecule has 1 heteroatoms. The van der Waals surface area contributed by atoms with E-state index in [1.54, 1.807) is 0 Å². The van der Waals surface area contributed by atoms with Gasteiger partial charge in [0.1, 0.15) is 0 Å². The highest BCUT2D eigenvalue weighted by Crippen LogP contribution is 2.47. The lowest BCUT2D eigenvalue weighted by atomic mass is 9.77. The second-order valence-electron chi connectivity index (χ2n) is 8.13. The van der Waals surface area contributed by atoms with Crippen molar-refractivity contribution < 1.29 is 0 Å². The zero-order valence-corrected chi connectivity index (χ0v) is 16.8. The van der Waals surface area contributed by atoms with Gasteiger partial charge in [-0.1, -0.05) is 86.1 Å². The SMILES string of the molecule is CCCCN(C)[C@@H]1Cc2ccc3ccccc3c2-c2c1ccc1ccccc21. The summed E-state index contributed by atoms with van der Waals surface area (Å²) in [6.45, 7) is 3.42. The topological polar surface area (TPSA) is 3.24 Å². The van der Waals surface area contributed by atoms with Crippen LogP contribution in [0.3, 0.4) is 0 Å². The van der Waals surface area contributed by atoms with Crippen LogP contribution in [0, 0.1) is 0 Å². The minimum Gasteiger partial charge on any atom is -0.299 e. The Hall–Kier alpha value is -2.64. The fraction of sp³-hybridized carbons (Fsp3) is 0.259. The number of unbranched alkanes of at least 4 members (excludes halogenated alkanes) is 1. The van der Waals surface area contributed by atoms with Gasteiger partial charge in [-0.3, -0.25) is 4.90 Å². The number of likely N-dealkylation sites (N-methyl/N-ethyl adjacent to an activating group) is 1. The van der Waals surface area contributed by atoms with Gasteiger partial charge >= 0.3 is 0 Å². The number of nitrogens with zero attached hydrogens (tertiary/aromatic N) is 1. The van der Waals surface area contributed by atoms with E-state index < -0.39 is 0 Å². The van der Waals surface area contributed by atoms with Crippen molar-refractivity contribution in [1.29, 1.82) is 0 Å². The van der Waals surface area contributed by atoms with Gasteiger partial charge in [-0.15, -0.1) is 0 Å². The molecule has 0 N–H and O–H groups in total. The summed E-state index contributed by atoms with van der Waals surface area (Å²) in [4.78, 5) is 2.56. The second kappa shape index (κ2) is 7.07. The molecule has 0 bridgehead atoms. The molecular formula is C27H27N. The fourth-order valence-corrected chi connectivity index (χ4v) is 4.90. The Labute approximate surface area is 167 Å². The van der Waals surface area contributed by atoms with Crippen LogP contribution in [0.2, 0.25) is 0 Å². The molecule has 5 rings (SSSR count). The van der Waals surface area contributed by atoms with Gasteiger partial charge in [-0.25, -0.2) is 0 Å². The van der Waals surface area contributed by atoms with Gasteiger partial charge in [0, 0.05) is 6.04 Å². The van der Waals surface area contributed by atoms with E-state index in [0.29, 0.717) is 6.04 Å². The van der Waals surface area contributed by atoms with E-state index in [2.05, 4.69) is 91.7 Å². The molecule has 1 aliphatic carbocycles. The molecule has 1 atom stereocenters. The zero-order valence-electron chi connectivity index (χ0n) is 16.8. The molecule has 0 unspecified atom stereocenters. The van der Waals surface area contributed by atoms with Gasteiger partial charge in [-0.05, 0) is 70.2 Å². The molecular weight excluding hydrogens is 338 g/mol. The Morgan fingerprint density at radius 1 is 0.786 bits per heavy atom. The van der Waals surface area contributed by atoms with Gasteiger partial charge in [0.2, 0.25) is 0 Å². The minimum absolute atomic E-state index is 0.444. The number of fused-ring (bicyclic) bond motifs is 7. The number of hydrogen-bond donors (Lipinski definition) is 0. The Kier molecular flexibility index (Phi) is 4.41. The average Bonchev–Trinajstić information content (AvgIpc) is 2.76. The van der Waals surface area contributed by atoms with Crippen molar-refractivity contribution in [1.82, 2.24) is 4.90 Å². The van der Waals surface area contributed by atoms with Gasteiger partial charge in [0.15, 0.2) is 0 Å². The fourth-order valence-electron chi connectivity index (χ4n) is 4.90. The van der Waals surface area contributed by atoms with Crippen molar-refractivity contribution in [3.8, 4) is 11.1 Å². The average molecular weight is 366 g/mol. The van der Waals surface area contributed by atoms with Crippen molar-refractivity contribution in [2.75, 3.05) is 13.6 Å². The lowest BCUT2D eigenvalue weighted by Gasteiger charge is -2.35. The van der Waals surface area contributed by atoms with E-state index in [4.69, 9.17) is 0 Å². The zero-order chi connectivity index (χ0) is 19.1. The molecule has 0 fully saturated rings. The standard InChI is InChI=1S/C27H27N/c1-3-4-17-28(2)25-18-21-14-13-19-9-5-7-11-22(19)26(21)27-23-12-8-6-10-20(23)15-16-24(25)27/h5-16,25H,3-4,17-18H2,1-2H3/t25-/m1/s1. The van der Waals surface area contributed by atoms with Gasteiger partial charge < -0.3 is 0 Å². The van der Waals surface area contributed by atoms with Gasteiger partial charge in [0.05, 0.1) is 0 Å². The Morgan fingerprint density at radius 2 is 1.43 bits per heavy atom. The Balaban J connectivity index is 1.81. The molecule has 28 heavy (non-hydrogen) atoms. The van der Waals surface area contributed by atoms with Crippen LogP contribution in [0.15, 0.2) is 72.8 Å². The second-order valence-corrected chi connectivity index (χ2v) is 8.13. The smallest absolute Gasteiger partial charge is 0.0391 e. The van der Waals surface area contributed by atoms with E-state index >= 15 is 0 Å². The molecule has 0 aromatic heterocycles. The maximum Gasteiger partial charge on any atom is 0.0391 e. The third kappa shape index (κ3) is 2.73. The number of benzene rings is 4. The molecule has 0 heterocycles. The first-order valence-corrected chi connectivity index (χ1v) is 10.5. The highest BCUT2D eigenvalue weighted by atomic mass is 15.1. The summed E-state index contributed by atoms with van der Waals surface area (Å²) in [6, 6.07) is 27.5. The maximum atomic E-state index is 2.56. The Bertz CT molecular complexity index is 1160. The largest absolute Gasteiger partial charge is 0.299 e. The van der Waals surface area contributed by atoms with Gasteiger partial charge in [-0.2, -0.15) is 0 Å². The third-order valence-corrected chi connectivity index (χ3v) is 6.40. The van der Waals surface area contributed by atoms with E-state index in [9.17, 15) is 0 Å². The summed E-state index contributed by atoms with van der Waals surface area (Å²) in [5.74, 6) is 0. The number of rotatable bonds is 4. The third-order valence-electron chi connectivity index (χ3n) is 6.40. The van der Waals surface area contributed by atoms with Crippen molar-refractivity contribution in [2.24, 2.45) is 0 Å². The highest BCUT2D eigenvalue weighted by molar-refractivity contribution is 6.08. The van der Waals surface area contributed by atoms with E-state index in [1.807, 2.05) is 0 Å². The summed E-state index contributed by atoms with van der Waals surface area (Å²) in [5, 5.41) is 5.42. The first-order chi connectivity index (χ1) is 13.8. The normalized spacial score (nSPS) is 15.8. The molecule has 0 radical (unpaired) electrons. The van der Waals surface area contributed by atoms with Crippen LogP contribution in [0.25, 0.3) is 32.7 Å². The molecule has 140 valence electrons. The van der Waals surface area contributed by atoms with Crippen LogP contribution >= 0.6 is 0 Å². The van der Waals surface area contributed by atoms with Crippen molar-refractivity contribution in [3.05, 3.63) is 83.9 Å². The molecule has 4 aromatic carbocycles. The molecule has 1 nitrogen and oxygen atoms in total. The van der Waals surface area contributed by atoms with Crippen molar-refractivity contribution in [3.63, 3.8) is 0 Å². The van der Waals surface area contributed by atoms with Gasteiger partial charge in [0.25, 0.3) is 0 Å². The van der Waals surface area contributed by atoms with E-state index in [1.165, 1.54) is 56.6 Å². The predicted octanol–water partition coefficient (Wildman–Crippen LogP) is 6.99. The lowest BCUT2D eigenvalue weighted by Crippen LogP contribution is -2.29. The van der Waals surface area contributed by atoms with Crippen LogP contribution in [0.1, 0.15) is 36.9 Å². The first kappa shape index (κ1) is 17.5.